The molecule has 1 aromatic heterocycles. The second-order valence-corrected chi connectivity index (χ2v) is 7.71. The Morgan fingerprint density at radius 2 is 2.18 bits per heavy atom. The first-order valence-electron chi connectivity index (χ1n) is 7.47. The molecule has 0 saturated carbocycles. The number of piperazine rings is 1. The summed E-state index contributed by atoms with van der Waals surface area (Å²) in [6, 6.07) is -0.0326. The molecule has 8 nitrogen and oxygen atoms in total. The summed E-state index contributed by atoms with van der Waals surface area (Å²) in [5.74, 6) is 0.0527. The molecule has 1 N–H and O–H groups in total. The molecule has 0 radical (unpaired) electrons. The smallest absolute Gasteiger partial charge is 0.246 e. The van der Waals surface area contributed by atoms with Crippen molar-refractivity contribution in [2.45, 2.75) is 23.8 Å². The van der Waals surface area contributed by atoms with Gasteiger partial charge in [-0.05, 0) is 12.8 Å². The number of hydrogen-bond acceptors (Lipinski definition) is 5. The number of sulfonamides is 1. The lowest BCUT2D eigenvalue weighted by Gasteiger charge is -2.40. The van der Waals surface area contributed by atoms with Crippen molar-refractivity contribution < 1.29 is 13.2 Å². The molecule has 3 heterocycles. The first-order valence-corrected chi connectivity index (χ1v) is 8.91. The Labute approximate surface area is 130 Å². The lowest BCUT2D eigenvalue weighted by atomic mass is 10.1. The number of piperidine rings is 1. The van der Waals surface area contributed by atoms with Crippen LogP contribution in [-0.2, 0) is 21.9 Å². The van der Waals surface area contributed by atoms with E-state index < -0.39 is 10.0 Å². The number of amides is 1. The zero-order chi connectivity index (χ0) is 15.7. The van der Waals surface area contributed by atoms with Crippen LogP contribution in [0.3, 0.4) is 0 Å². The van der Waals surface area contributed by atoms with Crippen molar-refractivity contribution >= 4 is 15.9 Å². The van der Waals surface area contributed by atoms with Gasteiger partial charge in [0.15, 0.2) is 0 Å². The number of aromatic nitrogens is 2. The summed E-state index contributed by atoms with van der Waals surface area (Å²) in [5, 5.41) is 6.98. The highest BCUT2D eigenvalue weighted by Crippen LogP contribution is 2.23. The molecule has 0 aromatic carbocycles. The Morgan fingerprint density at radius 1 is 1.36 bits per heavy atom. The van der Waals surface area contributed by atoms with Crippen molar-refractivity contribution in [3.63, 3.8) is 0 Å². The summed E-state index contributed by atoms with van der Waals surface area (Å²) in [4.78, 5) is 14.0. The van der Waals surface area contributed by atoms with E-state index in [4.69, 9.17) is 0 Å². The molecule has 0 spiro atoms. The maximum absolute atomic E-state index is 12.7. The highest BCUT2D eigenvalue weighted by atomic mass is 32.2. The first kappa shape index (κ1) is 15.4. The molecule has 0 aliphatic carbocycles. The van der Waals surface area contributed by atoms with Gasteiger partial charge in [0.2, 0.25) is 15.9 Å². The molecule has 1 atom stereocenters. The summed E-state index contributed by atoms with van der Waals surface area (Å²) < 4.78 is 28.3. The minimum absolute atomic E-state index is 0.0326. The lowest BCUT2D eigenvalue weighted by molar-refractivity contribution is -0.135. The lowest BCUT2D eigenvalue weighted by Crippen LogP contribution is -2.57. The van der Waals surface area contributed by atoms with Gasteiger partial charge in [-0.15, -0.1) is 0 Å². The van der Waals surface area contributed by atoms with Crippen molar-refractivity contribution in [3.8, 4) is 0 Å². The molecular weight excluding hydrogens is 306 g/mol. The Morgan fingerprint density at radius 3 is 2.86 bits per heavy atom. The SMILES string of the molecule is Cn1cc(S(=O)(=O)N2CCCC(N3CCNCC3=O)C2)cn1. The van der Waals surface area contributed by atoms with Crippen LogP contribution in [0.25, 0.3) is 0 Å². The predicted molar refractivity (Wildman–Crippen MR) is 79.6 cm³/mol. The van der Waals surface area contributed by atoms with Gasteiger partial charge in [0, 0.05) is 45.5 Å². The molecule has 0 bridgehead atoms. The highest BCUT2D eigenvalue weighted by molar-refractivity contribution is 7.89. The van der Waals surface area contributed by atoms with Gasteiger partial charge >= 0.3 is 0 Å². The highest BCUT2D eigenvalue weighted by Gasteiger charge is 2.35. The summed E-state index contributed by atoms with van der Waals surface area (Å²) in [6.45, 7) is 2.60. The predicted octanol–water partition coefficient (Wildman–Crippen LogP) is -0.995. The van der Waals surface area contributed by atoms with E-state index in [0.717, 1.165) is 19.4 Å². The third-order valence-electron chi connectivity index (χ3n) is 4.25. The zero-order valence-corrected chi connectivity index (χ0v) is 13.4. The van der Waals surface area contributed by atoms with Gasteiger partial charge in [-0.2, -0.15) is 9.40 Å². The molecule has 1 amide bonds. The van der Waals surface area contributed by atoms with Crippen LogP contribution in [0.2, 0.25) is 0 Å². The Kier molecular flexibility index (Phi) is 4.20. The molecule has 22 heavy (non-hydrogen) atoms. The number of carbonyl (C=O) groups excluding carboxylic acids is 1. The van der Waals surface area contributed by atoms with E-state index in [-0.39, 0.29) is 16.8 Å². The molecule has 2 aliphatic heterocycles. The van der Waals surface area contributed by atoms with Gasteiger partial charge in [-0.1, -0.05) is 0 Å². The van der Waals surface area contributed by atoms with Crippen molar-refractivity contribution in [2.24, 2.45) is 7.05 Å². The Balaban J connectivity index is 1.76. The van der Waals surface area contributed by atoms with Gasteiger partial charge in [-0.25, -0.2) is 8.42 Å². The van der Waals surface area contributed by atoms with Crippen LogP contribution in [-0.4, -0.2) is 72.1 Å². The van der Waals surface area contributed by atoms with Gasteiger partial charge in [-0.3, -0.25) is 9.48 Å². The molecule has 122 valence electrons. The standard InChI is InChI=1S/C13H21N5O3S/c1-16-10-12(7-15-16)22(20,21)17-5-2-3-11(9-17)18-6-4-14-8-13(18)19/h7,10-11,14H,2-6,8-9H2,1H3. The largest absolute Gasteiger partial charge is 0.336 e. The van der Waals surface area contributed by atoms with E-state index in [2.05, 4.69) is 10.4 Å². The fraction of sp³-hybridized carbons (Fsp3) is 0.692. The average molecular weight is 327 g/mol. The minimum atomic E-state index is -3.53. The van der Waals surface area contributed by atoms with Crippen LogP contribution < -0.4 is 5.32 Å². The van der Waals surface area contributed by atoms with Gasteiger partial charge in [0.1, 0.15) is 4.90 Å². The van der Waals surface area contributed by atoms with Crippen molar-refractivity contribution in [2.75, 3.05) is 32.7 Å². The minimum Gasteiger partial charge on any atom is -0.336 e. The topological polar surface area (TPSA) is 87.5 Å². The molecular formula is C13H21N5O3S. The number of nitrogens with zero attached hydrogens (tertiary/aromatic N) is 4. The summed E-state index contributed by atoms with van der Waals surface area (Å²) >= 11 is 0. The van der Waals surface area contributed by atoms with E-state index in [1.54, 1.807) is 7.05 Å². The van der Waals surface area contributed by atoms with Crippen molar-refractivity contribution in [3.05, 3.63) is 12.4 Å². The van der Waals surface area contributed by atoms with E-state index in [9.17, 15) is 13.2 Å². The second kappa shape index (κ2) is 5.98. The van der Waals surface area contributed by atoms with Crippen molar-refractivity contribution in [1.29, 1.82) is 0 Å². The van der Waals surface area contributed by atoms with Crippen LogP contribution in [0.15, 0.2) is 17.3 Å². The van der Waals surface area contributed by atoms with Crippen LogP contribution in [0.5, 0.6) is 0 Å². The molecule has 1 unspecified atom stereocenters. The molecule has 2 fully saturated rings. The van der Waals surface area contributed by atoms with Gasteiger partial charge in [0.25, 0.3) is 0 Å². The molecule has 2 aliphatic rings. The molecule has 9 heteroatoms. The Bertz CT molecular complexity index is 656. The summed E-state index contributed by atoms with van der Waals surface area (Å²) in [7, 11) is -1.84. The number of hydrogen-bond donors (Lipinski definition) is 1. The maximum atomic E-state index is 12.7. The van der Waals surface area contributed by atoms with E-state index in [1.807, 2.05) is 4.90 Å². The van der Waals surface area contributed by atoms with Crippen LogP contribution in [0.4, 0.5) is 0 Å². The molecule has 3 rings (SSSR count). The Hall–Kier alpha value is -1.45. The quantitative estimate of drug-likeness (QED) is 0.770. The average Bonchev–Trinajstić information content (AvgIpc) is 2.95. The first-order chi connectivity index (χ1) is 10.5. The van der Waals surface area contributed by atoms with Crippen LogP contribution in [0.1, 0.15) is 12.8 Å². The van der Waals surface area contributed by atoms with E-state index in [0.29, 0.717) is 26.2 Å². The maximum Gasteiger partial charge on any atom is 0.246 e. The van der Waals surface area contributed by atoms with Gasteiger partial charge < -0.3 is 10.2 Å². The van der Waals surface area contributed by atoms with Gasteiger partial charge in [0.05, 0.1) is 12.7 Å². The number of aryl methyl sites for hydroxylation is 1. The molecule has 1 aromatic rings. The van der Waals surface area contributed by atoms with Crippen molar-refractivity contribution in [1.82, 2.24) is 24.3 Å². The van der Waals surface area contributed by atoms with Crippen LogP contribution in [0, 0.1) is 0 Å². The fourth-order valence-corrected chi connectivity index (χ4v) is 4.58. The number of carbonyl (C=O) groups is 1. The van der Waals surface area contributed by atoms with E-state index >= 15 is 0 Å². The van der Waals surface area contributed by atoms with E-state index in [1.165, 1.54) is 21.4 Å². The number of rotatable bonds is 3. The monoisotopic (exact) mass is 327 g/mol. The summed E-state index contributed by atoms with van der Waals surface area (Å²) in [6.07, 6.45) is 4.50. The molecule has 2 saturated heterocycles. The zero-order valence-electron chi connectivity index (χ0n) is 12.6. The summed E-state index contributed by atoms with van der Waals surface area (Å²) in [5.41, 5.74) is 0. The number of nitrogens with one attached hydrogen (secondary N) is 1. The normalized spacial score (nSPS) is 24.7. The second-order valence-electron chi connectivity index (χ2n) is 5.77. The fourth-order valence-electron chi connectivity index (χ4n) is 3.08. The third kappa shape index (κ3) is 2.88. The van der Waals surface area contributed by atoms with Crippen LogP contribution >= 0.6 is 0 Å². The third-order valence-corrected chi connectivity index (χ3v) is 6.06.